The minimum Gasteiger partial charge on any atom is -0.212 e. The van der Waals surface area contributed by atoms with E-state index in [-0.39, 0.29) is 11.7 Å². The van der Waals surface area contributed by atoms with Gasteiger partial charge in [0.15, 0.2) is 0 Å². The summed E-state index contributed by atoms with van der Waals surface area (Å²) in [6.45, 7) is 0. The molecule has 2 fully saturated rings. The molecule has 5 heteroatoms. The van der Waals surface area contributed by atoms with Crippen LogP contribution in [0.15, 0.2) is 0 Å². The predicted octanol–water partition coefficient (Wildman–Crippen LogP) is 1.01. The van der Waals surface area contributed by atoms with Crippen LogP contribution in [0.3, 0.4) is 0 Å². The monoisotopic (exact) mass is 228 g/mol. The van der Waals surface area contributed by atoms with Crippen molar-refractivity contribution in [3.05, 3.63) is 0 Å². The van der Waals surface area contributed by atoms with E-state index in [1.807, 2.05) is 6.07 Å². The van der Waals surface area contributed by atoms with Gasteiger partial charge in [-0.25, -0.2) is 8.42 Å². The fraction of sp³-hybridized carbons (Fsp3) is 0.900. The summed E-state index contributed by atoms with van der Waals surface area (Å²) in [6, 6.07) is 1.54. The molecule has 0 spiro atoms. The molecule has 0 saturated heterocycles. The molecule has 2 aliphatic carbocycles. The first-order valence-electron chi connectivity index (χ1n) is 5.50. The molecule has 0 aliphatic heterocycles. The molecule has 2 aliphatic rings. The molecule has 84 valence electrons. The van der Waals surface area contributed by atoms with Crippen LogP contribution in [0.25, 0.3) is 0 Å². The van der Waals surface area contributed by atoms with Crippen molar-refractivity contribution in [2.24, 2.45) is 11.8 Å². The summed E-state index contributed by atoms with van der Waals surface area (Å²) in [5.41, 5.74) is 0. The van der Waals surface area contributed by atoms with Gasteiger partial charge < -0.3 is 0 Å². The van der Waals surface area contributed by atoms with Crippen molar-refractivity contribution >= 4 is 10.0 Å². The second-order valence-electron chi connectivity index (χ2n) is 4.61. The Hall–Kier alpha value is -0.600. The maximum Gasteiger partial charge on any atom is 0.212 e. The molecular formula is C10H16N2O2S. The third kappa shape index (κ3) is 3.47. The summed E-state index contributed by atoms with van der Waals surface area (Å²) in [5.74, 6) is 1.05. The van der Waals surface area contributed by atoms with Crippen molar-refractivity contribution < 1.29 is 8.42 Å². The molecule has 0 unspecified atom stereocenters. The maximum atomic E-state index is 11.6. The van der Waals surface area contributed by atoms with E-state index in [4.69, 9.17) is 5.26 Å². The van der Waals surface area contributed by atoms with E-state index in [0.717, 1.165) is 19.3 Å². The van der Waals surface area contributed by atoms with Crippen LogP contribution >= 0.6 is 0 Å². The molecular weight excluding hydrogens is 212 g/mol. The lowest BCUT2D eigenvalue weighted by molar-refractivity contribution is 0.555. The maximum absolute atomic E-state index is 11.6. The fourth-order valence-corrected chi connectivity index (χ4v) is 3.03. The van der Waals surface area contributed by atoms with Crippen molar-refractivity contribution in [1.82, 2.24) is 4.72 Å². The lowest BCUT2D eigenvalue weighted by atomic mass is 10.2. The molecule has 0 radical (unpaired) electrons. The molecule has 0 aromatic rings. The van der Waals surface area contributed by atoms with Crippen LogP contribution in [-0.2, 0) is 10.0 Å². The smallest absolute Gasteiger partial charge is 0.212 e. The van der Waals surface area contributed by atoms with Crippen molar-refractivity contribution in [1.29, 1.82) is 5.26 Å². The number of hydrogen-bond donors (Lipinski definition) is 1. The van der Waals surface area contributed by atoms with Gasteiger partial charge in [0.1, 0.15) is 6.04 Å². The van der Waals surface area contributed by atoms with Gasteiger partial charge in [-0.1, -0.05) is 12.8 Å². The van der Waals surface area contributed by atoms with Gasteiger partial charge in [-0.15, -0.1) is 0 Å². The molecule has 1 atom stereocenters. The highest BCUT2D eigenvalue weighted by Crippen LogP contribution is 2.34. The number of sulfonamides is 1. The Labute approximate surface area is 90.7 Å². The Kier molecular flexibility index (Phi) is 2.98. The van der Waals surface area contributed by atoms with Crippen LogP contribution < -0.4 is 4.72 Å². The first-order valence-corrected chi connectivity index (χ1v) is 7.15. The summed E-state index contributed by atoms with van der Waals surface area (Å²) in [7, 11) is -3.23. The van der Waals surface area contributed by atoms with Crippen molar-refractivity contribution in [3.8, 4) is 6.07 Å². The summed E-state index contributed by atoms with van der Waals surface area (Å²) < 4.78 is 25.7. The Morgan fingerprint density at radius 3 is 2.47 bits per heavy atom. The summed E-state index contributed by atoms with van der Waals surface area (Å²) in [4.78, 5) is 0. The van der Waals surface area contributed by atoms with E-state index in [0.29, 0.717) is 5.92 Å². The molecule has 0 aromatic carbocycles. The summed E-state index contributed by atoms with van der Waals surface area (Å²) in [6.07, 6.45) is 5.03. The Morgan fingerprint density at radius 1 is 1.33 bits per heavy atom. The van der Waals surface area contributed by atoms with Crippen LogP contribution in [0.2, 0.25) is 0 Å². The molecule has 2 rings (SSSR count). The Morgan fingerprint density at radius 2 is 2.00 bits per heavy atom. The molecule has 0 bridgehead atoms. The van der Waals surface area contributed by atoms with E-state index in [1.165, 1.54) is 12.8 Å². The van der Waals surface area contributed by atoms with Crippen LogP contribution in [0.5, 0.6) is 0 Å². The van der Waals surface area contributed by atoms with Gasteiger partial charge in [0.25, 0.3) is 0 Å². The molecule has 0 amide bonds. The van der Waals surface area contributed by atoms with Crippen molar-refractivity contribution in [2.75, 3.05) is 5.75 Å². The van der Waals surface area contributed by atoms with E-state index in [9.17, 15) is 8.42 Å². The van der Waals surface area contributed by atoms with Gasteiger partial charge >= 0.3 is 0 Å². The fourth-order valence-electron chi connectivity index (χ4n) is 1.64. The largest absolute Gasteiger partial charge is 0.212 e. The van der Waals surface area contributed by atoms with E-state index >= 15 is 0 Å². The van der Waals surface area contributed by atoms with Gasteiger partial charge in [-0.3, -0.25) is 0 Å². The van der Waals surface area contributed by atoms with Gasteiger partial charge in [0.2, 0.25) is 10.0 Å². The average Bonchev–Trinajstić information content (AvgIpc) is 3.03. The quantitative estimate of drug-likeness (QED) is 0.737. The molecule has 0 aromatic heterocycles. The Balaban J connectivity index is 1.81. The zero-order valence-electron chi connectivity index (χ0n) is 8.65. The Bertz CT molecular complexity index is 363. The topological polar surface area (TPSA) is 70.0 Å². The van der Waals surface area contributed by atoms with Crippen LogP contribution in [-0.4, -0.2) is 20.2 Å². The second kappa shape index (κ2) is 4.11. The summed E-state index contributed by atoms with van der Waals surface area (Å²) >= 11 is 0. The van der Waals surface area contributed by atoms with Crippen molar-refractivity contribution in [2.45, 2.75) is 38.1 Å². The highest BCUT2D eigenvalue weighted by molar-refractivity contribution is 7.89. The normalized spacial score (nSPS) is 23.4. The highest BCUT2D eigenvalue weighted by Gasteiger charge is 2.34. The predicted molar refractivity (Wildman–Crippen MR) is 56.4 cm³/mol. The number of nitrogens with one attached hydrogen (secondary N) is 1. The van der Waals surface area contributed by atoms with Crippen LogP contribution in [0, 0.1) is 23.2 Å². The van der Waals surface area contributed by atoms with E-state index < -0.39 is 16.1 Å². The standard InChI is InChI=1S/C10H16N2O2S/c11-7-10(9-3-4-9)12-15(13,14)6-5-8-1-2-8/h8-10,12H,1-6H2/t10-/m0/s1. The average molecular weight is 228 g/mol. The number of rotatable bonds is 6. The lowest BCUT2D eigenvalue weighted by Gasteiger charge is -2.10. The van der Waals surface area contributed by atoms with Crippen LogP contribution in [0.1, 0.15) is 32.1 Å². The van der Waals surface area contributed by atoms with E-state index in [2.05, 4.69) is 4.72 Å². The van der Waals surface area contributed by atoms with Crippen molar-refractivity contribution in [3.63, 3.8) is 0 Å². The van der Waals surface area contributed by atoms with Gasteiger partial charge in [-0.05, 0) is 31.1 Å². The highest BCUT2D eigenvalue weighted by atomic mass is 32.2. The first kappa shape index (κ1) is 10.9. The minimum absolute atomic E-state index is 0.183. The van der Waals surface area contributed by atoms with Gasteiger partial charge in [0, 0.05) is 0 Å². The molecule has 1 N–H and O–H groups in total. The number of hydrogen-bond acceptors (Lipinski definition) is 3. The zero-order chi connectivity index (χ0) is 10.9. The van der Waals surface area contributed by atoms with Gasteiger partial charge in [0.05, 0.1) is 11.8 Å². The van der Waals surface area contributed by atoms with Gasteiger partial charge in [-0.2, -0.15) is 9.98 Å². The molecule has 15 heavy (non-hydrogen) atoms. The number of nitriles is 1. The third-order valence-corrected chi connectivity index (χ3v) is 4.42. The number of nitrogens with zero attached hydrogens (tertiary/aromatic N) is 1. The SMILES string of the molecule is N#C[C@H](NS(=O)(=O)CCC1CC1)C1CC1. The van der Waals surface area contributed by atoms with E-state index in [1.54, 1.807) is 0 Å². The first-order chi connectivity index (χ1) is 7.11. The molecule has 0 heterocycles. The summed E-state index contributed by atoms with van der Waals surface area (Å²) in [5, 5.41) is 8.81. The minimum atomic E-state index is -3.23. The zero-order valence-corrected chi connectivity index (χ0v) is 9.46. The lowest BCUT2D eigenvalue weighted by Crippen LogP contribution is -2.36. The third-order valence-electron chi connectivity index (χ3n) is 3.03. The second-order valence-corrected chi connectivity index (χ2v) is 6.49. The molecule has 4 nitrogen and oxygen atoms in total. The van der Waals surface area contributed by atoms with Crippen LogP contribution in [0.4, 0.5) is 0 Å². The molecule has 2 saturated carbocycles.